The van der Waals surface area contributed by atoms with Gasteiger partial charge in [0.05, 0.1) is 8.71 Å². The summed E-state index contributed by atoms with van der Waals surface area (Å²) in [5, 5.41) is 21.8. The molecule has 0 spiro atoms. The Labute approximate surface area is 128 Å². The Morgan fingerprint density at radius 1 is 1.50 bits per heavy atom. The lowest BCUT2D eigenvalue weighted by atomic mass is 10.1. The summed E-state index contributed by atoms with van der Waals surface area (Å²) in [4.78, 5) is 12.2. The minimum absolute atomic E-state index is 0.0749. The molecule has 0 aliphatic rings. The van der Waals surface area contributed by atoms with Gasteiger partial charge in [-0.25, -0.2) is 0 Å². The standard InChI is InChI=1S/C13H10BrN3O2S/c1-16(7-9-4-13(14)20-8-9)11-2-3-12(17(18)19)10(5-11)6-15/h2-5,8H,7H2,1H3. The summed E-state index contributed by atoms with van der Waals surface area (Å²) < 4.78 is 1.06. The lowest BCUT2D eigenvalue weighted by Crippen LogP contribution is -2.16. The predicted octanol–water partition coefficient (Wildman–Crippen LogP) is 3.93. The summed E-state index contributed by atoms with van der Waals surface area (Å²) in [7, 11) is 1.88. The van der Waals surface area contributed by atoms with Crippen molar-refractivity contribution in [1.82, 2.24) is 0 Å². The Morgan fingerprint density at radius 3 is 2.80 bits per heavy atom. The van der Waals surface area contributed by atoms with Crippen LogP contribution in [0.1, 0.15) is 11.1 Å². The number of benzene rings is 1. The van der Waals surface area contributed by atoms with Crippen LogP contribution in [0.3, 0.4) is 0 Å². The zero-order valence-electron chi connectivity index (χ0n) is 10.5. The van der Waals surface area contributed by atoms with Crippen molar-refractivity contribution in [2.45, 2.75) is 6.54 Å². The van der Waals surface area contributed by atoms with Crippen molar-refractivity contribution in [2.75, 3.05) is 11.9 Å². The van der Waals surface area contributed by atoms with Gasteiger partial charge < -0.3 is 4.90 Å². The quantitative estimate of drug-likeness (QED) is 0.618. The first-order valence-electron chi connectivity index (χ1n) is 5.64. The van der Waals surface area contributed by atoms with Crippen molar-refractivity contribution in [2.24, 2.45) is 0 Å². The van der Waals surface area contributed by atoms with E-state index < -0.39 is 4.92 Å². The number of hydrogen-bond acceptors (Lipinski definition) is 5. The van der Waals surface area contributed by atoms with E-state index in [1.54, 1.807) is 23.5 Å². The van der Waals surface area contributed by atoms with E-state index in [0.29, 0.717) is 6.54 Å². The second-order valence-electron chi connectivity index (χ2n) is 4.19. The number of hydrogen-bond donors (Lipinski definition) is 0. The average molecular weight is 352 g/mol. The van der Waals surface area contributed by atoms with Gasteiger partial charge in [-0.2, -0.15) is 5.26 Å². The van der Waals surface area contributed by atoms with Gasteiger partial charge >= 0.3 is 0 Å². The first kappa shape index (κ1) is 14.5. The van der Waals surface area contributed by atoms with Gasteiger partial charge in [0, 0.05) is 25.3 Å². The molecule has 0 fully saturated rings. The number of nitro groups is 1. The van der Waals surface area contributed by atoms with Gasteiger partial charge in [0.25, 0.3) is 5.69 Å². The van der Waals surface area contributed by atoms with E-state index in [1.165, 1.54) is 6.07 Å². The van der Waals surface area contributed by atoms with Crippen LogP contribution in [0.2, 0.25) is 0 Å². The Morgan fingerprint density at radius 2 is 2.25 bits per heavy atom. The lowest BCUT2D eigenvalue weighted by molar-refractivity contribution is -0.385. The molecule has 0 saturated carbocycles. The molecular formula is C13H10BrN3O2S. The van der Waals surface area contributed by atoms with Gasteiger partial charge in [-0.3, -0.25) is 10.1 Å². The second kappa shape index (κ2) is 6.03. The van der Waals surface area contributed by atoms with Crippen molar-refractivity contribution < 1.29 is 4.92 Å². The number of nitro benzene ring substituents is 1. The minimum atomic E-state index is -0.543. The summed E-state index contributed by atoms with van der Waals surface area (Å²) in [6.07, 6.45) is 0. The van der Waals surface area contributed by atoms with Crippen molar-refractivity contribution >= 4 is 38.6 Å². The Hall–Kier alpha value is -1.91. The van der Waals surface area contributed by atoms with E-state index in [2.05, 4.69) is 15.9 Å². The molecule has 2 rings (SSSR count). The number of nitriles is 1. The molecule has 0 bridgehead atoms. The van der Waals surface area contributed by atoms with Crippen molar-refractivity contribution in [3.63, 3.8) is 0 Å². The highest BCUT2D eigenvalue weighted by Crippen LogP contribution is 2.26. The number of halogens is 1. The summed E-state index contributed by atoms with van der Waals surface area (Å²) in [6, 6.07) is 8.46. The molecule has 0 unspecified atom stereocenters. The molecule has 20 heavy (non-hydrogen) atoms. The van der Waals surface area contributed by atoms with E-state index in [9.17, 15) is 10.1 Å². The highest BCUT2D eigenvalue weighted by molar-refractivity contribution is 9.11. The third-order valence-corrected chi connectivity index (χ3v) is 4.33. The zero-order chi connectivity index (χ0) is 14.7. The van der Waals surface area contributed by atoms with Gasteiger partial charge in [-0.05, 0) is 45.1 Å². The zero-order valence-corrected chi connectivity index (χ0v) is 12.9. The number of anilines is 1. The van der Waals surface area contributed by atoms with Crippen molar-refractivity contribution in [3.8, 4) is 6.07 Å². The van der Waals surface area contributed by atoms with Gasteiger partial charge in [0.1, 0.15) is 11.6 Å². The average Bonchev–Trinajstić information content (AvgIpc) is 2.83. The van der Waals surface area contributed by atoms with Crippen LogP contribution in [-0.4, -0.2) is 12.0 Å². The van der Waals surface area contributed by atoms with Gasteiger partial charge in [0.15, 0.2) is 0 Å². The molecular weight excluding hydrogens is 342 g/mol. The smallest absolute Gasteiger partial charge is 0.287 e. The molecule has 0 amide bonds. The third-order valence-electron chi connectivity index (χ3n) is 2.78. The topological polar surface area (TPSA) is 70.2 Å². The van der Waals surface area contributed by atoms with E-state index in [-0.39, 0.29) is 11.3 Å². The van der Waals surface area contributed by atoms with Gasteiger partial charge in [-0.1, -0.05) is 0 Å². The molecule has 102 valence electrons. The largest absolute Gasteiger partial charge is 0.370 e. The first-order chi connectivity index (χ1) is 9.51. The maximum atomic E-state index is 10.8. The highest BCUT2D eigenvalue weighted by atomic mass is 79.9. The number of rotatable bonds is 4. The van der Waals surface area contributed by atoms with Crippen LogP contribution >= 0.6 is 27.3 Å². The summed E-state index contributed by atoms with van der Waals surface area (Å²) in [5.41, 5.74) is 1.82. The summed E-state index contributed by atoms with van der Waals surface area (Å²) in [5.74, 6) is 0. The molecule has 2 aromatic rings. The molecule has 0 saturated heterocycles. The molecule has 5 nitrogen and oxygen atoms in total. The maximum Gasteiger partial charge on any atom is 0.287 e. The molecule has 0 aliphatic carbocycles. The van der Waals surface area contributed by atoms with Crippen molar-refractivity contribution in [3.05, 3.63) is 54.7 Å². The Balaban J connectivity index is 2.24. The molecule has 1 heterocycles. The van der Waals surface area contributed by atoms with Crippen LogP contribution in [0, 0.1) is 21.4 Å². The maximum absolute atomic E-state index is 10.8. The molecule has 0 radical (unpaired) electrons. The van der Waals surface area contributed by atoms with E-state index in [0.717, 1.165) is 15.0 Å². The van der Waals surface area contributed by atoms with E-state index in [1.807, 2.05) is 29.5 Å². The fourth-order valence-electron chi connectivity index (χ4n) is 1.80. The summed E-state index contributed by atoms with van der Waals surface area (Å²) >= 11 is 5.01. The van der Waals surface area contributed by atoms with Crippen LogP contribution < -0.4 is 4.90 Å². The molecule has 1 aromatic carbocycles. The van der Waals surface area contributed by atoms with E-state index >= 15 is 0 Å². The monoisotopic (exact) mass is 351 g/mol. The summed E-state index contributed by atoms with van der Waals surface area (Å²) in [6.45, 7) is 0.671. The van der Waals surface area contributed by atoms with E-state index in [4.69, 9.17) is 5.26 Å². The molecule has 1 aromatic heterocycles. The molecule has 0 N–H and O–H groups in total. The molecule has 0 atom stereocenters. The SMILES string of the molecule is CN(Cc1csc(Br)c1)c1ccc([N+](=O)[O-])c(C#N)c1. The highest BCUT2D eigenvalue weighted by Gasteiger charge is 2.15. The van der Waals surface area contributed by atoms with Gasteiger partial charge in [-0.15, -0.1) is 11.3 Å². The predicted molar refractivity (Wildman–Crippen MR) is 81.9 cm³/mol. The lowest BCUT2D eigenvalue weighted by Gasteiger charge is -2.18. The molecule has 0 aliphatic heterocycles. The van der Waals surface area contributed by atoms with Gasteiger partial charge in [0.2, 0.25) is 0 Å². The second-order valence-corrected chi connectivity index (χ2v) is 6.48. The van der Waals surface area contributed by atoms with Crippen LogP contribution in [0.25, 0.3) is 0 Å². The first-order valence-corrected chi connectivity index (χ1v) is 7.31. The fraction of sp³-hybridized carbons (Fsp3) is 0.154. The third kappa shape index (κ3) is 3.15. The van der Waals surface area contributed by atoms with Crippen LogP contribution in [0.15, 0.2) is 33.4 Å². The minimum Gasteiger partial charge on any atom is -0.370 e. The Kier molecular flexibility index (Phi) is 4.37. The fourth-order valence-corrected chi connectivity index (χ4v) is 3.00. The Bertz CT molecular complexity index is 693. The van der Waals surface area contributed by atoms with Crippen molar-refractivity contribution in [1.29, 1.82) is 5.26 Å². The van der Waals surface area contributed by atoms with Crippen LogP contribution in [0.5, 0.6) is 0 Å². The number of nitrogens with zero attached hydrogens (tertiary/aromatic N) is 3. The van der Waals surface area contributed by atoms with Crippen LogP contribution in [-0.2, 0) is 6.54 Å². The normalized spacial score (nSPS) is 10.1. The molecule has 7 heteroatoms. The van der Waals surface area contributed by atoms with Crippen LogP contribution in [0.4, 0.5) is 11.4 Å². The number of thiophene rings is 1.